The lowest BCUT2D eigenvalue weighted by atomic mass is 10.2. The normalized spacial score (nSPS) is 11.8. The Bertz CT molecular complexity index is 519. The highest BCUT2D eigenvalue weighted by Crippen LogP contribution is 2.31. The highest BCUT2D eigenvalue weighted by Gasteiger charge is 2.15. The molecule has 2 amide bonds. The van der Waals surface area contributed by atoms with Gasteiger partial charge in [-0.15, -0.1) is 0 Å². The SMILES string of the molecule is COC(CNC(=O)Nc1c(Cl)cc(F)cc1Cl)CC(=O)O. The van der Waals surface area contributed by atoms with Gasteiger partial charge in [-0.2, -0.15) is 0 Å². The molecule has 6 nitrogen and oxygen atoms in total. The van der Waals surface area contributed by atoms with Gasteiger partial charge in [-0.25, -0.2) is 9.18 Å². The fourth-order valence-electron chi connectivity index (χ4n) is 1.46. The molecule has 116 valence electrons. The fourth-order valence-corrected chi connectivity index (χ4v) is 2.01. The summed E-state index contributed by atoms with van der Waals surface area (Å²) in [5.41, 5.74) is 0.0597. The van der Waals surface area contributed by atoms with Crippen LogP contribution in [0.1, 0.15) is 6.42 Å². The summed E-state index contributed by atoms with van der Waals surface area (Å²) >= 11 is 11.5. The summed E-state index contributed by atoms with van der Waals surface area (Å²) in [6, 6.07) is 1.34. The Hall–Kier alpha value is -1.57. The van der Waals surface area contributed by atoms with Gasteiger partial charge in [0, 0.05) is 13.7 Å². The Labute approximate surface area is 130 Å². The first-order valence-corrected chi connectivity index (χ1v) is 6.53. The second-order valence-electron chi connectivity index (χ2n) is 4.04. The molecule has 0 aliphatic heterocycles. The van der Waals surface area contributed by atoms with Gasteiger partial charge in [0.1, 0.15) is 5.82 Å². The van der Waals surface area contributed by atoms with Crippen LogP contribution >= 0.6 is 23.2 Å². The number of anilines is 1. The second kappa shape index (κ2) is 8.02. The third-order valence-corrected chi connectivity index (χ3v) is 3.07. The summed E-state index contributed by atoms with van der Waals surface area (Å²) < 4.78 is 17.9. The number of carboxylic acid groups (broad SMARTS) is 1. The first-order valence-electron chi connectivity index (χ1n) is 5.77. The van der Waals surface area contributed by atoms with E-state index in [1.54, 1.807) is 0 Å². The summed E-state index contributed by atoms with van der Waals surface area (Å²) in [5.74, 6) is -1.68. The Morgan fingerprint density at radius 3 is 2.43 bits per heavy atom. The zero-order valence-corrected chi connectivity index (χ0v) is 12.5. The van der Waals surface area contributed by atoms with Crippen molar-refractivity contribution in [1.29, 1.82) is 0 Å². The number of aliphatic carboxylic acids is 1. The molecule has 1 rings (SSSR count). The number of rotatable bonds is 6. The summed E-state index contributed by atoms with van der Waals surface area (Å²) in [4.78, 5) is 22.2. The molecule has 0 bridgehead atoms. The van der Waals surface area contributed by atoms with Crippen molar-refractivity contribution in [3.63, 3.8) is 0 Å². The van der Waals surface area contributed by atoms with Crippen LogP contribution in [0.25, 0.3) is 0 Å². The Kier molecular flexibility index (Phi) is 6.67. The van der Waals surface area contributed by atoms with Crippen LogP contribution in [0, 0.1) is 5.82 Å². The van der Waals surface area contributed by atoms with Gasteiger partial charge in [0.05, 0.1) is 28.3 Å². The number of hydrogen-bond donors (Lipinski definition) is 3. The summed E-state index contributed by atoms with van der Waals surface area (Å²) in [6.45, 7) is -0.0228. The van der Waals surface area contributed by atoms with E-state index in [9.17, 15) is 14.0 Å². The highest BCUT2D eigenvalue weighted by atomic mass is 35.5. The topological polar surface area (TPSA) is 87.7 Å². The smallest absolute Gasteiger partial charge is 0.319 e. The largest absolute Gasteiger partial charge is 0.481 e. The Morgan fingerprint density at radius 2 is 1.95 bits per heavy atom. The predicted molar refractivity (Wildman–Crippen MR) is 76.5 cm³/mol. The molecule has 1 aromatic rings. The van der Waals surface area contributed by atoms with Gasteiger partial charge in [0.2, 0.25) is 0 Å². The lowest BCUT2D eigenvalue weighted by Gasteiger charge is -2.15. The van der Waals surface area contributed by atoms with Crippen molar-refractivity contribution in [3.05, 3.63) is 28.0 Å². The number of carbonyl (C=O) groups excluding carboxylic acids is 1. The van der Waals surface area contributed by atoms with E-state index in [2.05, 4.69) is 10.6 Å². The molecule has 1 unspecified atom stereocenters. The lowest BCUT2D eigenvalue weighted by Crippen LogP contribution is -2.37. The minimum atomic E-state index is -1.05. The molecule has 0 saturated heterocycles. The molecule has 21 heavy (non-hydrogen) atoms. The van der Waals surface area contributed by atoms with Crippen molar-refractivity contribution in [2.45, 2.75) is 12.5 Å². The van der Waals surface area contributed by atoms with Crippen LogP contribution in [0.15, 0.2) is 12.1 Å². The van der Waals surface area contributed by atoms with Crippen molar-refractivity contribution in [1.82, 2.24) is 5.32 Å². The molecule has 1 atom stereocenters. The highest BCUT2D eigenvalue weighted by molar-refractivity contribution is 6.39. The molecule has 0 heterocycles. The van der Waals surface area contributed by atoms with Gasteiger partial charge in [0.25, 0.3) is 0 Å². The average molecular weight is 339 g/mol. The first kappa shape index (κ1) is 17.5. The molecule has 9 heteroatoms. The van der Waals surface area contributed by atoms with E-state index < -0.39 is 23.9 Å². The summed E-state index contributed by atoms with van der Waals surface area (Å²) in [5, 5.41) is 13.3. The van der Waals surface area contributed by atoms with Crippen LogP contribution in [-0.4, -0.2) is 36.9 Å². The maximum Gasteiger partial charge on any atom is 0.319 e. The van der Waals surface area contributed by atoms with Crippen LogP contribution in [-0.2, 0) is 9.53 Å². The van der Waals surface area contributed by atoms with Crippen molar-refractivity contribution >= 4 is 40.9 Å². The van der Waals surface area contributed by atoms with Gasteiger partial charge < -0.3 is 20.5 Å². The van der Waals surface area contributed by atoms with Crippen LogP contribution in [0.5, 0.6) is 0 Å². The minimum Gasteiger partial charge on any atom is -0.481 e. The monoisotopic (exact) mass is 338 g/mol. The standard InChI is InChI=1S/C12H13Cl2FN2O4/c1-21-7(4-10(18)19)5-16-12(20)17-11-8(13)2-6(15)3-9(11)14/h2-3,7H,4-5H2,1H3,(H,18,19)(H2,16,17,20). The first-order chi connectivity index (χ1) is 9.83. The molecule has 0 spiro atoms. The van der Waals surface area contributed by atoms with Crippen molar-refractivity contribution in [2.24, 2.45) is 0 Å². The number of hydrogen-bond acceptors (Lipinski definition) is 3. The molecule has 1 aromatic carbocycles. The third kappa shape index (κ3) is 5.74. The molecule has 0 aliphatic carbocycles. The van der Waals surface area contributed by atoms with Crippen LogP contribution in [0.4, 0.5) is 14.9 Å². The second-order valence-corrected chi connectivity index (χ2v) is 4.85. The number of benzene rings is 1. The summed E-state index contributed by atoms with van der Waals surface area (Å²) in [6.07, 6.45) is -0.929. The van der Waals surface area contributed by atoms with Crippen molar-refractivity contribution in [2.75, 3.05) is 19.0 Å². The number of carboxylic acids is 1. The Balaban J connectivity index is 2.60. The summed E-state index contributed by atoms with van der Waals surface area (Å²) in [7, 11) is 1.33. The number of nitrogens with one attached hydrogen (secondary N) is 2. The average Bonchev–Trinajstić information content (AvgIpc) is 2.38. The number of methoxy groups -OCH3 is 1. The van der Waals surface area contributed by atoms with E-state index in [1.807, 2.05) is 0 Å². The Morgan fingerprint density at radius 1 is 1.38 bits per heavy atom. The fraction of sp³-hybridized carbons (Fsp3) is 0.333. The van der Waals surface area contributed by atoms with Gasteiger partial charge in [-0.05, 0) is 12.1 Å². The van der Waals surface area contributed by atoms with Crippen LogP contribution < -0.4 is 10.6 Å². The van der Waals surface area contributed by atoms with E-state index in [0.29, 0.717) is 0 Å². The predicted octanol–water partition coefficient (Wildman–Crippen LogP) is 2.74. The lowest BCUT2D eigenvalue weighted by molar-refractivity contribution is -0.139. The van der Waals surface area contributed by atoms with Gasteiger partial charge in [-0.3, -0.25) is 4.79 Å². The maximum absolute atomic E-state index is 13.0. The molecule has 0 radical (unpaired) electrons. The number of urea groups is 1. The van der Waals surface area contributed by atoms with Gasteiger partial charge >= 0.3 is 12.0 Å². The number of ether oxygens (including phenoxy) is 1. The maximum atomic E-state index is 13.0. The third-order valence-electron chi connectivity index (χ3n) is 2.47. The number of halogens is 3. The van der Waals surface area contributed by atoms with E-state index in [0.717, 1.165) is 12.1 Å². The van der Waals surface area contributed by atoms with Gasteiger partial charge in [-0.1, -0.05) is 23.2 Å². The number of carbonyl (C=O) groups is 2. The molecular weight excluding hydrogens is 326 g/mol. The van der Waals surface area contributed by atoms with Crippen LogP contribution in [0.2, 0.25) is 10.0 Å². The van der Waals surface area contributed by atoms with Crippen molar-refractivity contribution in [3.8, 4) is 0 Å². The van der Waals surface area contributed by atoms with Crippen LogP contribution in [0.3, 0.4) is 0 Å². The molecule has 0 aromatic heterocycles. The van der Waals surface area contributed by atoms with Gasteiger partial charge in [0.15, 0.2) is 0 Å². The number of amides is 2. The van der Waals surface area contributed by atoms with E-state index in [-0.39, 0.29) is 28.7 Å². The van der Waals surface area contributed by atoms with Crippen molar-refractivity contribution < 1.29 is 23.8 Å². The molecule has 3 N–H and O–H groups in total. The van der Waals surface area contributed by atoms with E-state index in [4.69, 9.17) is 33.0 Å². The molecule has 0 saturated carbocycles. The minimum absolute atomic E-state index is 0.0228. The quantitative estimate of drug-likeness (QED) is 0.744. The zero-order valence-electron chi connectivity index (χ0n) is 11.0. The molecule has 0 fully saturated rings. The van der Waals surface area contributed by atoms with E-state index in [1.165, 1.54) is 7.11 Å². The zero-order chi connectivity index (χ0) is 16.0. The van der Waals surface area contributed by atoms with E-state index >= 15 is 0 Å². The molecular formula is C12H13Cl2FN2O4. The molecule has 0 aliphatic rings.